The van der Waals surface area contributed by atoms with Crippen molar-refractivity contribution in [3.05, 3.63) is 78.0 Å². The molecule has 2 aromatic heterocycles. The van der Waals surface area contributed by atoms with Crippen molar-refractivity contribution < 1.29 is 28.5 Å². The van der Waals surface area contributed by atoms with Gasteiger partial charge in [-0.3, -0.25) is 5.10 Å². The van der Waals surface area contributed by atoms with Crippen molar-refractivity contribution in [1.29, 1.82) is 0 Å². The Labute approximate surface area is 222 Å². The molecule has 0 spiro atoms. The third-order valence-electron chi connectivity index (χ3n) is 6.93. The highest BCUT2D eigenvalue weighted by Gasteiger charge is 2.31. The maximum Gasteiger partial charge on any atom is 0.295 e. The normalized spacial score (nSPS) is 19.5. The first-order valence-corrected chi connectivity index (χ1v) is 12.6. The van der Waals surface area contributed by atoms with Crippen LogP contribution in [0.2, 0.25) is 0 Å². The van der Waals surface area contributed by atoms with Crippen molar-refractivity contribution in [2.45, 2.75) is 31.7 Å². The smallest absolute Gasteiger partial charge is 0.295 e. The molecular weight excluding hydrogens is 506 g/mol. The highest BCUT2D eigenvalue weighted by molar-refractivity contribution is 5.84. The summed E-state index contributed by atoms with van der Waals surface area (Å²) < 4.78 is 41.7. The predicted molar refractivity (Wildman–Crippen MR) is 141 cm³/mol. The Morgan fingerprint density at radius 1 is 1.00 bits per heavy atom. The van der Waals surface area contributed by atoms with Crippen LogP contribution in [0.3, 0.4) is 0 Å². The average Bonchev–Trinajstić information content (AvgIpc) is 3.55. The second kappa shape index (κ2) is 10.2. The Bertz CT molecular complexity index is 1620. The second-order valence-corrected chi connectivity index (χ2v) is 9.67. The van der Waals surface area contributed by atoms with Gasteiger partial charge in [-0.25, -0.2) is 8.78 Å². The summed E-state index contributed by atoms with van der Waals surface area (Å²) in [6.07, 6.45) is -1.92. The Kier molecular flexibility index (Phi) is 6.59. The quantitative estimate of drug-likeness (QED) is 0.251. The van der Waals surface area contributed by atoms with Crippen LogP contribution in [0, 0.1) is 18.6 Å². The van der Waals surface area contributed by atoms with E-state index in [0.29, 0.717) is 5.56 Å². The van der Waals surface area contributed by atoms with Crippen molar-refractivity contribution in [3.63, 3.8) is 0 Å². The number of aromatic amines is 2. The summed E-state index contributed by atoms with van der Waals surface area (Å²) in [5.74, 6) is -1.54. The van der Waals surface area contributed by atoms with Gasteiger partial charge in [0.25, 0.3) is 6.01 Å². The Morgan fingerprint density at radius 2 is 1.67 bits per heavy atom. The number of ether oxygens (including phenoxy) is 2. The van der Waals surface area contributed by atoms with Gasteiger partial charge in [-0.1, -0.05) is 48.5 Å². The monoisotopic (exact) mass is 532 g/mol. The SMILES string of the molecule is Cc1cc(-c2ccc(-c3ccc(-c4c(F)cc5[nH]c(OC6COC(CO)C(O)C6)nc5c4F)cc3)cc2)n[nH]1. The van der Waals surface area contributed by atoms with Gasteiger partial charge in [0.15, 0.2) is 5.82 Å². The number of aliphatic hydroxyl groups excluding tert-OH is 2. The maximum absolute atomic E-state index is 15.5. The highest BCUT2D eigenvalue weighted by atomic mass is 19.1. The van der Waals surface area contributed by atoms with E-state index < -0.39 is 29.9 Å². The number of benzene rings is 3. The van der Waals surface area contributed by atoms with Crippen LogP contribution in [0.15, 0.2) is 60.7 Å². The highest BCUT2D eigenvalue weighted by Crippen LogP contribution is 2.34. The molecule has 0 amide bonds. The lowest BCUT2D eigenvalue weighted by Gasteiger charge is -2.31. The van der Waals surface area contributed by atoms with Crippen LogP contribution >= 0.6 is 0 Å². The fourth-order valence-corrected chi connectivity index (χ4v) is 4.85. The average molecular weight is 533 g/mol. The summed E-state index contributed by atoms with van der Waals surface area (Å²) in [4.78, 5) is 6.97. The molecule has 4 N–H and O–H groups in total. The maximum atomic E-state index is 15.5. The van der Waals surface area contributed by atoms with Gasteiger partial charge in [0.1, 0.15) is 23.5 Å². The standard InChI is InChI=1S/C29H26F2N4O4/c1-15-10-22(35-34-15)18-6-2-16(3-7-18)17-4-8-19(9-5-17)26-21(30)12-23-28(27(26)31)33-29(32-23)39-20-11-24(37)25(13-36)38-14-20/h2-10,12,20,24-25,36-37H,11,13-14H2,1H3,(H,32,33)(H,34,35). The first-order chi connectivity index (χ1) is 18.9. The van der Waals surface area contributed by atoms with Gasteiger partial charge < -0.3 is 24.7 Å². The van der Waals surface area contributed by atoms with Crippen LogP contribution in [-0.4, -0.2) is 61.9 Å². The van der Waals surface area contributed by atoms with Gasteiger partial charge in [0.2, 0.25) is 0 Å². The van der Waals surface area contributed by atoms with E-state index in [1.807, 2.05) is 49.4 Å². The molecule has 0 bridgehead atoms. The summed E-state index contributed by atoms with van der Waals surface area (Å²) in [7, 11) is 0. The Balaban J connectivity index is 1.23. The van der Waals surface area contributed by atoms with Crippen molar-refractivity contribution in [2.24, 2.45) is 0 Å². The summed E-state index contributed by atoms with van der Waals surface area (Å²) in [5, 5.41) is 26.5. The lowest BCUT2D eigenvalue weighted by molar-refractivity contribution is -0.131. The molecule has 1 aliphatic heterocycles. The zero-order valence-corrected chi connectivity index (χ0v) is 21.0. The van der Waals surface area contributed by atoms with Crippen LogP contribution in [0.4, 0.5) is 8.78 Å². The number of hydrogen-bond acceptors (Lipinski definition) is 6. The van der Waals surface area contributed by atoms with Crippen molar-refractivity contribution in [1.82, 2.24) is 20.2 Å². The van der Waals surface area contributed by atoms with E-state index >= 15 is 8.78 Å². The molecule has 6 rings (SSSR count). The first kappa shape index (κ1) is 25.2. The van der Waals surface area contributed by atoms with Crippen LogP contribution in [0.25, 0.3) is 44.5 Å². The molecule has 3 heterocycles. The molecule has 3 unspecified atom stereocenters. The zero-order chi connectivity index (χ0) is 27.1. The number of nitrogens with one attached hydrogen (secondary N) is 2. The molecule has 1 saturated heterocycles. The molecule has 0 radical (unpaired) electrons. The van der Waals surface area contributed by atoms with Crippen LogP contribution in [0.1, 0.15) is 12.1 Å². The molecule has 3 atom stereocenters. The number of halogens is 2. The molecule has 5 aromatic rings. The second-order valence-electron chi connectivity index (χ2n) is 9.67. The molecule has 0 aliphatic carbocycles. The van der Waals surface area contributed by atoms with Crippen LogP contribution in [-0.2, 0) is 4.74 Å². The Morgan fingerprint density at radius 3 is 2.28 bits per heavy atom. The van der Waals surface area contributed by atoms with E-state index in [4.69, 9.17) is 9.47 Å². The molecule has 1 fully saturated rings. The number of fused-ring (bicyclic) bond motifs is 1. The largest absolute Gasteiger partial charge is 0.459 e. The third-order valence-corrected chi connectivity index (χ3v) is 6.93. The third kappa shape index (κ3) is 4.89. The summed E-state index contributed by atoms with van der Waals surface area (Å²) in [5.41, 5.74) is 4.99. The fourth-order valence-electron chi connectivity index (χ4n) is 4.85. The van der Waals surface area contributed by atoms with Gasteiger partial charge in [-0.2, -0.15) is 10.1 Å². The number of nitrogens with zero attached hydrogens (tertiary/aromatic N) is 2. The fraction of sp³-hybridized carbons (Fsp3) is 0.241. The lowest BCUT2D eigenvalue weighted by atomic mass is 9.98. The number of imidazole rings is 1. The molecule has 0 saturated carbocycles. The number of H-pyrrole nitrogens is 2. The first-order valence-electron chi connectivity index (χ1n) is 12.6. The van der Waals surface area contributed by atoms with E-state index in [1.54, 1.807) is 12.1 Å². The van der Waals surface area contributed by atoms with Crippen molar-refractivity contribution >= 4 is 11.0 Å². The lowest BCUT2D eigenvalue weighted by Crippen LogP contribution is -2.45. The number of aromatic nitrogens is 4. The van der Waals surface area contributed by atoms with Gasteiger partial charge in [-0.15, -0.1) is 0 Å². The summed E-state index contributed by atoms with van der Waals surface area (Å²) in [6.45, 7) is 1.77. The van der Waals surface area contributed by atoms with Gasteiger partial charge in [0.05, 0.1) is 36.1 Å². The van der Waals surface area contributed by atoms with E-state index in [9.17, 15) is 10.2 Å². The minimum atomic E-state index is -0.903. The number of rotatable bonds is 6. The molecule has 3 aromatic carbocycles. The van der Waals surface area contributed by atoms with E-state index in [0.717, 1.165) is 28.1 Å². The van der Waals surface area contributed by atoms with E-state index in [1.165, 1.54) is 6.07 Å². The molecule has 8 nitrogen and oxygen atoms in total. The van der Waals surface area contributed by atoms with E-state index in [-0.39, 0.29) is 42.2 Å². The number of aryl methyl sites for hydroxylation is 1. The summed E-state index contributed by atoms with van der Waals surface area (Å²) in [6, 6.07) is 18.1. The van der Waals surface area contributed by atoms with Gasteiger partial charge in [0, 0.05) is 23.7 Å². The van der Waals surface area contributed by atoms with Gasteiger partial charge in [-0.05, 0) is 29.7 Å². The molecule has 200 valence electrons. The van der Waals surface area contributed by atoms with Crippen molar-refractivity contribution in [2.75, 3.05) is 13.2 Å². The van der Waals surface area contributed by atoms with Gasteiger partial charge >= 0.3 is 0 Å². The minimum Gasteiger partial charge on any atom is -0.459 e. The molecule has 39 heavy (non-hydrogen) atoms. The van der Waals surface area contributed by atoms with E-state index in [2.05, 4.69) is 20.2 Å². The van der Waals surface area contributed by atoms with Crippen LogP contribution in [0.5, 0.6) is 6.01 Å². The number of aliphatic hydroxyl groups is 2. The predicted octanol–water partition coefficient (Wildman–Crippen LogP) is 4.76. The zero-order valence-electron chi connectivity index (χ0n) is 21.0. The molecule has 10 heteroatoms. The molecule has 1 aliphatic rings. The van der Waals surface area contributed by atoms with Crippen LogP contribution < -0.4 is 4.74 Å². The minimum absolute atomic E-state index is 0.00695. The van der Waals surface area contributed by atoms with Crippen molar-refractivity contribution in [3.8, 4) is 39.5 Å². The topological polar surface area (TPSA) is 116 Å². The number of hydrogen-bond donors (Lipinski definition) is 4. The summed E-state index contributed by atoms with van der Waals surface area (Å²) >= 11 is 0. The molecular formula is C29H26F2N4O4. The Hall–Kier alpha value is -4.12.